The number of aromatic nitrogens is 2. The summed E-state index contributed by atoms with van der Waals surface area (Å²) < 4.78 is 5.33. The van der Waals surface area contributed by atoms with Gasteiger partial charge < -0.3 is 20.1 Å². The van der Waals surface area contributed by atoms with E-state index in [0.717, 1.165) is 18.4 Å². The van der Waals surface area contributed by atoms with Crippen LogP contribution in [0.3, 0.4) is 0 Å². The van der Waals surface area contributed by atoms with Crippen molar-refractivity contribution in [1.82, 2.24) is 20.4 Å². The first-order chi connectivity index (χ1) is 16.7. The number of carbonyl (C=O) groups is 3. The number of carbonyl (C=O) groups excluding carboxylic acids is 3. The van der Waals surface area contributed by atoms with E-state index in [2.05, 4.69) is 20.8 Å². The molecule has 0 bridgehead atoms. The van der Waals surface area contributed by atoms with Gasteiger partial charge >= 0.3 is 0 Å². The lowest BCUT2D eigenvalue weighted by molar-refractivity contribution is -0.127. The van der Waals surface area contributed by atoms with Crippen molar-refractivity contribution in [3.63, 3.8) is 0 Å². The Bertz CT molecular complexity index is 1290. The van der Waals surface area contributed by atoms with E-state index in [4.69, 9.17) is 4.52 Å². The Morgan fingerprint density at radius 1 is 1.09 bits per heavy atom. The summed E-state index contributed by atoms with van der Waals surface area (Å²) in [6.07, 6.45) is 1.78. The van der Waals surface area contributed by atoms with E-state index in [-0.39, 0.29) is 35.7 Å². The Kier molecular flexibility index (Phi) is 5.62. The quantitative estimate of drug-likeness (QED) is 0.566. The fraction of sp³-hybridized carbons (Fsp3) is 0.346. The van der Waals surface area contributed by atoms with Gasteiger partial charge in [0.05, 0.1) is 6.54 Å². The van der Waals surface area contributed by atoms with Gasteiger partial charge in [-0.25, -0.2) is 0 Å². The molecule has 1 aromatic heterocycles. The average molecular weight is 474 g/mol. The van der Waals surface area contributed by atoms with E-state index < -0.39 is 6.04 Å². The largest absolute Gasteiger partial charge is 0.345 e. The van der Waals surface area contributed by atoms with Crippen LogP contribution < -0.4 is 10.6 Å². The summed E-state index contributed by atoms with van der Waals surface area (Å²) in [6.45, 7) is 5.78. The summed E-state index contributed by atoms with van der Waals surface area (Å²) in [7, 11) is 0. The van der Waals surface area contributed by atoms with Gasteiger partial charge in [0.2, 0.25) is 23.5 Å². The Balaban J connectivity index is 1.20. The number of nitrogens with zero attached hydrogens (tertiary/aromatic N) is 3. The highest BCUT2D eigenvalue weighted by Crippen LogP contribution is 2.41. The van der Waals surface area contributed by atoms with Crippen molar-refractivity contribution in [1.29, 1.82) is 0 Å². The number of benzene rings is 2. The second-order valence-electron chi connectivity index (χ2n) is 9.95. The molecule has 1 aliphatic heterocycles. The first-order valence-electron chi connectivity index (χ1n) is 11.7. The molecule has 2 N–H and O–H groups in total. The topological polar surface area (TPSA) is 117 Å². The smallest absolute Gasteiger partial charge is 0.255 e. The highest BCUT2D eigenvalue weighted by atomic mass is 16.5. The molecule has 2 aliphatic rings. The lowest BCUT2D eigenvalue weighted by atomic mass is 9.97. The van der Waals surface area contributed by atoms with Gasteiger partial charge in [0.1, 0.15) is 6.04 Å². The number of amides is 3. The molecule has 1 fully saturated rings. The molecule has 2 heterocycles. The van der Waals surface area contributed by atoms with Crippen LogP contribution in [0.4, 0.5) is 5.69 Å². The first-order valence-corrected chi connectivity index (χ1v) is 11.7. The van der Waals surface area contributed by atoms with Crippen LogP contribution in [-0.4, -0.2) is 45.3 Å². The van der Waals surface area contributed by atoms with Gasteiger partial charge in [0.15, 0.2) is 0 Å². The van der Waals surface area contributed by atoms with E-state index in [1.54, 1.807) is 47.4 Å². The third-order valence-electron chi connectivity index (χ3n) is 6.10. The zero-order valence-corrected chi connectivity index (χ0v) is 19.9. The Labute approximate surface area is 202 Å². The summed E-state index contributed by atoms with van der Waals surface area (Å²) in [5.74, 6) is 0.187. The number of hydrogen-bond acceptors (Lipinski definition) is 6. The van der Waals surface area contributed by atoms with Crippen molar-refractivity contribution in [2.24, 2.45) is 0 Å². The highest BCUT2D eigenvalue weighted by molar-refractivity contribution is 6.05. The van der Waals surface area contributed by atoms with Crippen molar-refractivity contribution >= 4 is 23.4 Å². The minimum atomic E-state index is -0.703. The highest BCUT2D eigenvalue weighted by Gasteiger charge is 2.47. The minimum Gasteiger partial charge on any atom is -0.345 e. The van der Waals surface area contributed by atoms with Crippen LogP contribution in [0.5, 0.6) is 0 Å². The van der Waals surface area contributed by atoms with Gasteiger partial charge in [0, 0.05) is 28.3 Å². The minimum absolute atomic E-state index is 0.0803. The van der Waals surface area contributed by atoms with Crippen molar-refractivity contribution in [2.75, 3.05) is 11.9 Å². The zero-order valence-electron chi connectivity index (χ0n) is 19.9. The Hall–Kier alpha value is -4.01. The molecule has 9 nitrogen and oxygen atoms in total. The third kappa shape index (κ3) is 4.53. The molecule has 1 aliphatic carbocycles. The van der Waals surface area contributed by atoms with Crippen molar-refractivity contribution in [3.05, 3.63) is 65.5 Å². The zero-order chi connectivity index (χ0) is 24.7. The summed E-state index contributed by atoms with van der Waals surface area (Å²) in [5.41, 5.74) is 2.34. The van der Waals surface area contributed by atoms with E-state index in [1.807, 2.05) is 26.8 Å². The standard InChI is InChI=1S/C26H27N5O4/c1-26(2,3)25-29-22(30-35-25)15-8-10-16(11-9-15)28-20(32)14-27-23(33)21-18-6-4-5-7-19(18)24(34)31(21)17-12-13-17/h4-11,17,21H,12-14H2,1-3H3,(H,27,33)(H,28,32). The molecule has 1 atom stereocenters. The number of nitrogens with one attached hydrogen (secondary N) is 2. The molecule has 2 aromatic carbocycles. The molecule has 0 spiro atoms. The van der Waals surface area contributed by atoms with Crippen LogP contribution in [0.2, 0.25) is 0 Å². The molecule has 0 saturated heterocycles. The summed E-state index contributed by atoms with van der Waals surface area (Å²) in [5, 5.41) is 9.49. The van der Waals surface area contributed by atoms with Crippen LogP contribution in [0.25, 0.3) is 11.4 Å². The summed E-state index contributed by atoms with van der Waals surface area (Å²) >= 11 is 0. The molecule has 0 radical (unpaired) electrons. The van der Waals surface area contributed by atoms with Gasteiger partial charge in [-0.1, -0.05) is 44.1 Å². The fourth-order valence-electron chi connectivity index (χ4n) is 4.15. The predicted octanol–water partition coefficient (Wildman–Crippen LogP) is 3.45. The number of hydrogen-bond donors (Lipinski definition) is 2. The first kappa shape index (κ1) is 22.8. The van der Waals surface area contributed by atoms with Crippen LogP contribution in [0.15, 0.2) is 53.1 Å². The fourth-order valence-corrected chi connectivity index (χ4v) is 4.15. The lowest BCUT2D eigenvalue weighted by Gasteiger charge is -2.24. The number of fused-ring (bicyclic) bond motifs is 1. The second kappa shape index (κ2) is 8.65. The molecule has 35 heavy (non-hydrogen) atoms. The molecule has 9 heteroatoms. The van der Waals surface area contributed by atoms with E-state index in [9.17, 15) is 14.4 Å². The molecule has 1 unspecified atom stereocenters. The van der Waals surface area contributed by atoms with E-state index >= 15 is 0 Å². The van der Waals surface area contributed by atoms with Gasteiger partial charge in [-0.2, -0.15) is 4.98 Å². The third-order valence-corrected chi connectivity index (χ3v) is 6.10. The van der Waals surface area contributed by atoms with Crippen molar-refractivity contribution < 1.29 is 18.9 Å². The maximum atomic E-state index is 13.0. The molecule has 1 saturated carbocycles. The van der Waals surface area contributed by atoms with Gasteiger partial charge in [-0.3, -0.25) is 14.4 Å². The number of anilines is 1. The maximum Gasteiger partial charge on any atom is 0.255 e. The predicted molar refractivity (Wildman–Crippen MR) is 128 cm³/mol. The van der Waals surface area contributed by atoms with E-state index in [0.29, 0.717) is 28.5 Å². The molecule has 5 rings (SSSR count). The van der Waals surface area contributed by atoms with Crippen LogP contribution in [0, 0.1) is 0 Å². The Morgan fingerprint density at radius 3 is 2.46 bits per heavy atom. The molecular weight excluding hydrogens is 446 g/mol. The van der Waals surface area contributed by atoms with Gasteiger partial charge in [-0.05, 0) is 48.7 Å². The number of rotatable bonds is 6. The average Bonchev–Trinajstić information content (AvgIpc) is 3.45. The SMILES string of the molecule is CC(C)(C)c1nc(-c2ccc(NC(=O)CNC(=O)C3c4ccccc4C(=O)N3C3CC3)cc2)no1. The molecule has 180 valence electrons. The van der Waals surface area contributed by atoms with Gasteiger partial charge in [-0.15, -0.1) is 0 Å². The maximum absolute atomic E-state index is 13.0. The Morgan fingerprint density at radius 2 is 1.80 bits per heavy atom. The molecule has 3 amide bonds. The van der Waals surface area contributed by atoms with Crippen molar-refractivity contribution in [2.45, 2.75) is 51.1 Å². The molecule has 3 aromatic rings. The summed E-state index contributed by atoms with van der Waals surface area (Å²) in [4.78, 5) is 44.4. The van der Waals surface area contributed by atoms with Gasteiger partial charge in [0.25, 0.3) is 5.91 Å². The monoisotopic (exact) mass is 473 g/mol. The van der Waals surface area contributed by atoms with Crippen molar-refractivity contribution in [3.8, 4) is 11.4 Å². The normalized spacial score (nSPS) is 17.3. The lowest BCUT2D eigenvalue weighted by Crippen LogP contribution is -2.42. The second-order valence-corrected chi connectivity index (χ2v) is 9.95. The summed E-state index contributed by atoms with van der Waals surface area (Å²) in [6, 6.07) is 13.6. The van der Waals surface area contributed by atoms with Crippen LogP contribution >= 0.6 is 0 Å². The van der Waals surface area contributed by atoms with Crippen LogP contribution in [0.1, 0.15) is 61.5 Å². The molecular formula is C26H27N5O4. The van der Waals surface area contributed by atoms with Crippen LogP contribution in [-0.2, 0) is 15.0 Å². The van der Waals surface area contributed by atoms with E-state index in [1.165, 1.54) is 0 Å².